The Hall–Kier alpha value is -0.860. The highest BCUT2D eigenvalue weighted by molar-refractivity contribution is 14.0. The number of nitrogens with two attached hydrogens (primary N) is 1. The minimum atomic E-state index is 0. The van der Waals surface area contributed by atoms with Gasteiger partial charge in [0.05, 0.1) is 19.8 Å². The molecule has 3 N–H and O–H groups in total. The van der Waals surface area contributed by atoms with E-state index in [-0.39, 0.29) is 24.0 Å². The Kier molecular flexibility index (Phi) is 6.91. The molecule has 1 heterocycles. The number of rotatable bonds is 5. The molecule has 0 aromatic heterocycles. The molecule has 5 nitrogen and oxygen atoms in total. The highest BCUT2D eigenvalue weighted by Gasteiger charge is 2.21. The molecule has 0 radical (unpaired) electrons. The fourth-order valence-corrected chi connectivity index (χ4v) is 2.52. The van der Waals surface area contributed by atoms with Gasteiger partial charge in [-0.05, 0) is 24.0 Å². The minimum absolute atomic E-state index is 0. The largest absolute Gasteiger partial charge is 0.379 e. The topological polar surface area (TPSA) is 62.9 Å². The Bertz CT molecular complexity index is 499. The average Bonchev–Trinajstić information content (AvgIpc) is 3.31. The lowest BCUT2D eigenvalue weighted by molar-refractivity contribution is 0.0341. The van der Waals surface area contributed by atoms with E-state index in [1.807, 2.05) is 0 Å². The second-order valence-electron chi connectivity index (χ2n) is 5.78. The number of hydrogen-bond donors (Lipinski definition) is 2. The number of morpholine rings is 1. The zero-order valence-electron chi connectivity index (χ0n) is 12.8. The monoisotopic (exact) mass is 416 g/mol. The molecule has 1 saturated heterocycles. The van der Waals surface area contributed by atoms with Crippen LogP contribution in [0.15, 0.2) is 29.3 Å². The van der Waals surface area contributed by atoms with Crippen LogP contribution in [0.1, 0.15) is 24.0 Å². The summed E-state index contributed by atoms with van der Waals surface area (Å²) in [6.45, 7) is 5.28. The van der Waals surface area contributed by atoms with Crippen LogP contribution in [0.2, 0.25) is 0 Å². The van der Waals surface area contributed by atoms with Gasteiger partial charge in [0.1, 0.15) is 0 Å². The Morgan fingerprint density at radius 2 is 1.91 bits per heavy atom. The number of nitrogens with zero attached hydrogens (tertiary/aromatic N) is 2. The van der Waals surface area contributed by atoms with E-state index in [0.717, 1.165) is 32.8 Å². The lowest BCUT2D eigenvalue weighted by atomic mass is 10.1. The minimum Gasteiger partial charge on any atom is -0.379 e. The molecule has 1 aromatic carbocycles. The average molecular weight is 416 g/mol. The van der Waals surface area contributed by atoms with Crippen molar-refractivity contribution in [1.29, 1.82) is 0 Å². The van der Waals surface area contributed by atoms with Gasteiger partial charge < -0.3 is 15.8 Å². The van der Waals surface area contributed by atoms with Crippen molar-refractivity contribution in [3.05, 3.63) is 35.4 Å². The molecule has 1 saturated carbocycles. The number of halogens is 1. The molecule has 22 heavy (non-hydrogen) atoms. The fraction of sp³-hybridized carbons (Fsp3) is 0.562. The Morgan fingerprint density at radius 3 is 2.59 bits per heavy atom. The van der Waals surface area contributed by atoms with Gasteiger partial charge >= 0.3 is 0 Å². The van der Waals surface area contributed by atoms with Crippen LogP contribution in [-0.2, 0) is 17.8 Å². The first kappa shape index (κ1) is 17.5. The number of benzene rings is 1. The van der Waals surface area contributed by atoms with Crippen LogP contribution in [0.25, 0.3) is 0 Å². The van der Waals surface area contributed by atoms with E-state index < -0.39 is 0 Å². The van der Waals surface area contributed by atoms with Crippen molar-refractivity contribution in [3.63, 3.8) is 0 Å². The third kappa shape index (κ3) is 5.40. The molecular weight excluding hydrogens is 391 g/mol. The molecule has 1 aromatic rings. The number of hydrogen-bond acceptors (Lipinski definition) is 3. The fourth-order valence-electron chi connectivity index (χ4n) is 2.52. The first-order valence-electron chi connectivity index (χ1n) is 7.74. The van der Waals surface area contributed by atoms with Crippen molar-refractivity contribution in [3.8, 4) is 0 Å². The van der Waals surface area contributed by atoms with Crippen molar-refractivity contribution in [2.45, 2.75) is 32.0 Å². The first-order chi connectivity index (χ1) is 10.3. The standard InChI is InChI=1S/C16H24N4O.HI/c17-16(19-15-5-6-15)18-11-13-3-1-2-4-14(13)12-20-7-9-21-10-8-20;/h1-4,15H,5-12H2,(H3,17,18,19);1H. The number of guanidine groups is 1. The van der Waals surface area contributed by atoms with Gasteiger partial charge in [-0.15, -0.1) is 24.0 Å². The van der Waals surface area contributed by atoms with Crippen molar-refractivity contribution in [1.82, 2.24) is 10.2 Å². The summed E-state index contributed by atoms with van der Waals surface area (Å²) >= 11 is 0. The van der Waals surface area contributed by atoms with Crippen LogP contribution in [0.4, 0.5) is 0 Å². The van der Waals surface area contributed by atoms with Crippen LogP contribution < -0.4 is 11.1 Å². The summed E-state index contributed by atoms with van der Waals surface area (Å²) in [6.07, 6.45) is 2.42. The molecular formula is C16H25IN4O. The zero-order valence-corrected chi connectivity index (χ0v) is 15.2. The van der Waals surface area contributed by atoms with Crippen molar-refractivity contribution < 1.29 is 4.74 Å². The van der Waals surface area contributed by atoms with Gasteiger partial charge in [-0.1, -0.05) is 24.3 Å². The summed E-state index contributed by atoms with van der Waals surface area (Å²) in [5.74, 6) is 0.568. The molecule has 2 aliphatic rings. The van der Waals surface area contributed by atoms with Crippen LogP contribution in [0.3, 0.4) is 0 Å². The molecule has 0 bridgehead atoms. The van der Waals surface area contributed by atoms with Crippen LogP contribution in [0, 0.1) is 0 Å². The first-order valence-corrected chi connectivity index (χ1v) is 7.74. The molecule has 1 aliphatic carbocycles. The normalized spacial score (nSPS) is 19.5. The molecule has 1 aliphatic heterocycles. The van der Waals surface area contributed by atoms with Crippen LogP contribution in [-0.4, -0.2) is 43.2 Å². The predicted molar refractivity (Wildman–Crippen MR) is 99.4 cm³/mol. The Labute approximate surface area is 149 Å². The van der Waals surface area contributed by atoms with Crippen molar-refractivity contribution in [2.24, 2.45) is 10.7 Å². The maximum absolute atomic E-state index is 5.91. The highest BCUT2D eigenvalue weighted by atomic mass is 127. The van der Waals surface area contributed by atoms with E-state index in [0.29, 0.717) is 18.5 Å². The summed E-state index contributed by atoms with van der Waals surface area (Å²) in [7, 11) is 0. The smallest absolute Gasteiger partial charge is 0.189 e. The molecule has 0 atom stereocenters. The maximum atomic E-state index is 5.91. The lowest BCUT2D eigenvalue weighted by Gasteiger charge is -2.27. The maximum Gasteiger partial charge on any atom is 0.189 e. The number of ether oxygens (including phenoxy) is 1. The molecule has 0 unspecified atom stereocenters. The van der Waals surface area contributed by atoms with Gasteiger partial charge in [-0.25, -0.2) is 4.99 Å². The van der Waals surface area contributed by atoms with Gasteiger partial charge in [0, 0.05) is 25.7 Å². The van der Waals surface area contributed by atoms with E-state index in [9.17, 15) is 0 Å². The Balaban J connectivity index is 0.00000176. The number of nitrogens with one attached hydrogen (secondary N) is 1. The van der Waals surface area contributed by atoms with E-state index in [1.54, 1.807) is 0 Å². The summed E-state index contributed by atoms with van der Waals surface area (Å²) in [4.78, 5) is 6.90. The van der Waals surface area contributed by atoms with E-state index in [1.165, 1.54) is 24.0 Å². The van der Waals surface area contributed by atoms with Crippen LogP contribution in [0.5, 0.6) is 0 Å². The molecule has 122 valence electrons. The molecule has 0 amide bonds. The zero-order chi connectivity index (χ0) is 14.5. The third-order valence-corrected chi connectivity index (χ3v) is 3.97. The molecule has 2 fully saturated rings. The van der Waals surface area contributed by atoms with Crippen molar-refractivity contribution >= 4 is 29.9 Å². The van der Waals surface area contributed by atoms with E-state index in [2.05, 4.69) is 39.5 Å². The van der Waals surface area contributed by atoms with E-state index >= 15 is 0 Å². The Morgan fingerprint density at radius 1 is 1.23 bits per heavy atom. The molecule has 3 rings (SSSR count). The lowest BCUT2D eigenvalue weighted by Crippen LogP contribution is -2.36. The highest BCUT2D eigenvalue weighted by Crippen LogP contribution is 2.18. The van der Waals surface area contributed by atoms with Gasteiger partial charge in [0.15, 0.2) is 5.96 Å². The van der Waals surface area contributed by atoms with Gasteiger partial charge in [-0.3, -0.25) is 4.90 Å². The summed E-state index contributed by atoms with van der Waals surface area (Å²) in [5.41, 5.74) is 8.50. The molecule has 6 heteroatoms. The SMILES string of the molecule is I.NC(=NCc1ccccc1CN1CCOCC1)NC1CC1. The summed E-state index contributed by atoms with van der Waals surface area (Å²) in [6, 6.07) is 9.04. The third-order valence-electron chi connectivity index (χ3n) is 3.97. The van der Waals surface area contributed by atoms with Gasteiger partial charge in [0.2, 0.25) is 0 Å². The van der Waals surface area contributed by atoms with Gasteiger partial charge in [0.25, 0.3) is 0 Å². The summed E-state index contributed by atoms with van der Waals surface area (Å²) in [5, 5.41) is 3.23. The second kappa shape index (κ2) is 8.69. The predicted octanol–water partition coefficient (Wildman–Crippen LogP) is 1.70. The summed E-state index contributed by atoms with van der Waals surface area (Å²) < 4.78 is 5.40. The quantitative estimate of drug-likeness (QED) is 0.436. The molecule has 0 spiro atoms. The van der Waals surface area contributed by atoms with E-state index in [4.69, 9.17) is 10.5 Å². The van der Waals surface area contributed by atoms with Crippen molar-refractivity contribution in [2.75, 3.05) is 26.3 Å². The van der Waals surface area contributed by atoms with Crippen LogP contribution >= 0.6 is 24.0 Å². The second-order valence-corrected chi connectivity index (χ2v) is 5.78. The number of aliphatic imine (C=N–C) groups is 1. The van der Waals surface area contributed by atoms with Gasteiger partial charge in [-0.2, -0.15) is 0 Å².